The van der Waals surface area contributed by atoms with E-state index in [2.05, 4.69) is 27.7 Å². The molecule has 1 unspecified atom stereocenters. The standard InChI is InChI=1S/C13H26O3/c1-10(8-12(2,3)4)7-11(15)16-13(5,6)9-14/h10,14H,7-9H2,1-6H3. The fraction of sp³-hybridized carbons (Fsp3) is 0.923. The van der Waals surface area contributed by atoms with Crippen molar-refractivity contribution in [3.63, 3.8) is 0 Å². The van der Waals surface area contributed by atoms with Gasteiger partial charge in [-0.05, 0) is 31.6 Å². The van der Waals surface area contributed by atoms with Gasteiger partial charge in [-0.15, -0.1) is 0 Å². The molecule has 96 valence electrons. The molecule has 1 atom stereocenters. The predicted octanol–water partition coefficient (Wildman–Crippen LogP) is 2.76. The van der Waals surface area contributed by atoms with Crippen LogP contribution in [0.25, 0.3) is 0 Å². The van der Waals surface area contributed by atoms with Gasteiger partial charge in [0.15, 0.2) is 0 Å². The van der Waals surface area contributed by atoms with Crippen molar-refractivity contribution in [3.05, 3.63) is 0 Å². The first-order valence-electron chi connectivity index (χ1n) is 5.88. The van der Waals surface area contributed by atoms with Gasteiger partial charge in [0.1, 0.15) is 5.60 Å². The first kappa shape index (κ1) is 15.4. The Balaban J connectivity index is 4.06. The molecule has 0 fully saturated rings. The lowest BCUT2D eigenvalue weighted by molar-refractivity contribution is -0.161. The van der Waals surface area contributed by atoms with Crippen LogP contribution in [0.3, 0.4) is 0 Å². The van der Waals surface area contributed by atoms with Gasteiger partial charge in [-0.3, -0.25) is 4.79 Å². The van der Waals surface area contributed by atoms with Crippen molar-refractivity contribution in [3.8, 4) is 0 Å². The number of esters is 1. The average molecular weight is 230 g/mol. The second kappa shape index (κ2) is 5.67. The van der Waals surface area contributed by atoms with Crippen molar-refractivity contribution in [2.24, 2.45) is 11.3 Å². The van der Waals surface area contributed by atoms with Crippen molar-refractivity contribution < 1.29 is 14.6 Å². The number of aliphatic hydroxyl groups excluding tert-OH is 1. The van der Waals surface area contributed by atoms with Crippen molar-refractivity contribution in [1.82, 2.24) is 0 Å². The Labute approximate surface area is 99.2 Å². The van der Waals surface area contributed by atoms with E-state index in [1.54, 1.807) is 13.8 Å². The molecule has 0 heterocycles. The number of carbonyl (C=O) groups excluding carboxylic acids is 1. The van der Waals surface area contributed by atoms with Crippen LogP contribution in [0.5, 0.6) is 0 Å². The largest absolute Gasteiger partial charge is 0.457 e. The molecule has 0 saturated heterocycles. The van der Waals surface area contributed by atoms with E-state index in [4.69, 9.17) is 9.84 Å². The number of aliphatic hydroxyl groups is 1. The summed E-state index contributed by atoms with van der Waals surface area (Å²) < 4.78 is 5.18. The smallest absolute Gasteiger partial charge is 0.306 e. The molecule has 0 amide bonds. The summed E-state index contributed by atoms with van der Waals surface area (Å²) in [6, 6.07) is 0. The summed E-state index contributed by atoms with van der Waals surface area (Å²) in [5.74, 6) is 0.0813. The second-order valence-electron chi connectivity index (χ2n) is 6.47. The van der Waals surface area contributed by atoms with Gasteiger partial charge in [-0.1, -0.05) is 27.7 Å². The Morgan fingerprint density at radius 3 is 2.12 bits per heavy atom. The van der Waals surface area contributed by atoms with Gasteiger partial charge in [-0.2, -0.15) is 0 Å². The van der Waals surface area contributed by atoms with Crippen molar-refractivity contribution >= 4 is 5.97 Å². The molecule has 0 bridgehead atoms. The van der Waals surface area contributed by atoms with E-state index >= 15 is 0 Å². The summed E-state index contributed by atoms with van der Waals surface area (Å²) in [7, 11) is 0. The Kier molecular flexibility index (Phi) is 5.47. The topological polar surface area (TPSA) is 46.5 Å². The molecule has 0 saturated carbocycles. The molecule has 0 aromatic carbocycles. The number of ether oxygens (including phenoxy) is 1. The van der Waals surface area contributed by atoms with Crippen molar-refractivity contribution in [1.29, 1.82) is 0 Å². The third kappa shape index (κ3) is 7.69. The van der Waals surface area contributed by atoms with Crippen molar-refractivity contribution in [2.45, 2.75) is 60.0 Å². The molecule has 0 aromatic rings. The van der Waals surface area contributed by atoms with Crippen LogP contribution in [-0.4, -0.2) is 23.3 Å². The lowest BCUT2D eigenvalue weighted by Crippen LogP contribution is -2.32. The summed E-state index contributed by atoms with van der Waals surface area (Å²) in [6.45, 7) is 11.8. The van der Waals surface area contributed by atoms with Crippen LogP contribution in [0.1, 0.15) is 54.4 Å². The Bertz CT molecular complexity index is 226. The Morgan fingerprint density at radius 1 is 1.25 bits per heavy atom. The third-order valence-corrected chi connectivity index (χ3v) is 2.25. The highest BCUT2D eigenvalue weighted by Crippen LogP contribution is 2.26. The molecule has 1 N–H and O–H groups in total. The number of hydrogen-bond donors (Lipinski definition) is 1. The maximum Gasteiger partial charge on any atom is 0.306 e. The normalized spacial score (nSPS) is 14.7. The quantitative estimate of drug-likeness (QED) is 0.739. The first-order valence-corrected chi connectivity index (χ1v) is 5.88. The van der Waals surface area contributed by atoms with Gasteiger partial charge in [-0.25, -0.2) is 0 Å². The maximum absolute atomic E-state index is 11.6. The van der Waals surface area contributed by atoms with E-state index in [1.165, 1.54) is 0 Å². The maximum atomic E-state index is 11.6. The average Bonchev–Trinajstić information content (AvgIpc) is 1.98. The summed E-state index contributed by atoms with van der Waals surface area (Å²) in [5, 5.41) is 8.99. The Hall–Kier alpha value is -0.570. The van der Waals surface area contributed by atoms with E-state index < -0.39 is 5.60 Å². The van der Waals surface area contributed by atoms with Gasteiger partial charge < -0.3 is 9.84 Å². The molecular formula is C13H26O3. The predicted molar refractivity (Wildman–Crippen MR) is 65.1 cm³/mol. The van der Waals surface area contributed by atoms with Gasteiger partial charge in [0.05, 0.1) is 6.61 Å². The first-order chi connectivity index (χ1) is 7.06. The molecule has 16 heavy (non-hydrogen) atoms. The second-order valence-corrected chi connectivity index (χ2v) is 6.47. The summed E-state index contributed by atoms with van der Waals surface area (Å²) in [4.78, 5) is 11.6. The van der Waals surface area contributed by atoms with Gasteiger partial charge in [0.25, 0.3) is 0 Å². The summed E-state index contributed by atoms with van der Waals surface area (Å²) in [6.07, 6.45) is 1.41. The zero-order valence-electron chi connectivity index (χ0n) is 11.5. The van der Waals surface area contributed by atoms with Gasteiger partial charge >= 0.3 is 5.97 Å². The fourth-order valence-electron chi connectivity index (χ4n) is 1.78. The molecule has 3 heteroatoms. The molecule has 0 rings (SSSR count). The van der Waals surface area contributed by atoms with Gasteiger partial charge in [0.2, 0.25) is 0 Å². The van der Waals surface area contributed by atoms with E-state index in [0.717, 1.165) is 6.42 Å². The van der Waals surface area contributed by atoms with Crippen LogP contribution >= 0.6 is 0 Å². The molecule has 3 nitrogen and oxygen atoms in total. The van der Waals surface area contributed by atoms with Gasteiger partial charge in [0, 0.05) is 6.42 Å². The molecule has 0 aliphatic heterocycles. The lowest BCUT2D eigenvalue weighted by atomic mass is 9.84. The van der Waals surface area contributed by atoms with Crippen LogP contribution in [0.15, 0.2) is 0 Å². The van der Waals surface area contributed by atoms with E-state index in [9.17, 15) is 4.79 Å². The third-order valence-electron chi connectivity index (χ3n) is 2.25. The van der Waals surface area contributed by atoms with Crippen LogP contribution in [0.2, 0.25) is 0 Å². The highest BCUT2D eigenvalue weighted by atomic mass is 16.6. The highest BCUT2D eigenvalue weighted by molar-refractivity contribution is 5.70. The molecule has 0 radical (unpaired) electrons. The fourth-order valence-corrected chi connectivity index (χ4v) is 1.78. The molecule has 0 aliphatic rings. The number of hydrogen-bond acceptors (Lipinski definition) is 3. The van der Waals surface area contributed by atoms with E-state index in [0.29, 0.717) is 12.3 Å². The van der Waals surface area contributed by atoms with E-state index in [1.807, 2.05) is 0 Å². The van der Waals surface area contributed by atoms with Crippen LogP contribution < -0.4 is 0 Å². The van der Waals surface area contributed by atoms with Crippen LogP contribution in [0.4, 0.5) is 0 Å². The number of rotatable bonds is 5. The summed E-state index contributed by atoms with van der Waals surface area (Å²) >= 11 is 0. The van der Waals surface area contributed by atoms with Crippen molar-refractivity contribution in [2.75, 3.05) is 6.61 Å². The molecule has 0 aliphatic carbocycles. The zero-order chi connectivity index (χ0) is 13.0. The van der Waals surface area contributed by atoms with E-state index in [-0.39, 0.29) is 18.0 Å². The lowest BCUT2D eigenvalue weighted by Gasteiger charge is -2.25. The highest BCUT2D eigenvalue weighted by Gasteiger charge is 2.24. The van der Waals surface area contributed by atoms with Crippen LogP contribution in [-0.2, 0) is 9.53 Å². The van der Waals surface area contributed by atoms with Crippen LogP contribution in [0, 0.1) is 11.3 Å². The Morgan fingerprint density at radius 2 is 1.75 bits per heavy atom. The monoisotopic (exact) mass is 230 g/mol. The minimum Gasteiger partial charge on any atom is -0.457 e. The zero-order valence-corrected chi connectivity index (χ0v) is 11.5. The SMILES string of the molecule is CC(CC(=O)OC(C)(C)CO)CC(C)(C)C. The molecule has 0 spiro atoms. The minimum atomic E-state index is -0.765. The summed E-state index contributed by atoms with van der Waals surface area (Å²) in [5.41, 5.74) is -0.537. The molecular weight excluding hydrogens is 204 g/mol. The minimum absolute atomic E-state index is 0.146. The molecule has 0 aromatic heterocycles. The number of carbonyl (C=O) groups is 1.